The number of carbonyl (C=O) groups is 2. The minimum Gasteiger partial charge on any atom is -0.465 e. The van der Waals surface area contributed by atoms with E-state index in [1.54, 1.807) is 30.3 Å². The Morgan fingerprint density at radius 2 is 1.51 bits per heavy atom. The third-order valence-electron chi connectivity index (χ3n) is 6.31. The van der Waals surface area contributed by atoms with Gasteiger partial charge in [0.15, 0.2) is 0 Å². The Kier molecular flexibility index (Phi) is 7.06. The van der Waals surface area contributed by atoms with Crippen molar-refractivity contribution < 1.29 is 14.3 Å². The van der Waals surface area contributed by atoms with Crippen molar-refractivity contribution in [3.8, 4) is 11.1 Å². The molecule has 0 bridgehead atoms. The molecule has 0 aliphatic rings. The third kappa shape index (κ3) is 5.42. The lowest BCUT2D eigenvalue weighted by Crippen LogP contribution is -2.23. The van der Waals surface area contributed by atoms with Gasteiger partial charge >= 0.3 is 5.97 Å². The van der Waals surface area contributed by atoms with Crippen LogP contribution in [0, 0.1) is 0 Å². The van der Waals surface area contributed by atoms with Crippen LogP contribution in [0.5, 0.6) is 0 Å². The largest absolute Gasteiger partial charge is 0.465 e. The van der Waals surface area contributed by atoms with Crippen molar-refractivity contribution >= 4 is 34.4 Å². The van der Waals surface area contributed by atoms with Crippen molar-refractivity contribution in [1.29, 1.82) is 0 Å². The van der Waals surface area contributed by atoms with E-state index >= 15 is 0 Å². The number of hydrogen-bond donors (Lipinski definition) is 1. The van der Waals surface area contributed by atoms with E-state index in [-0.39, 0.29) is 5.91 Å². The van der Waals surface area contributed by atoms with Crippen LogP contribution in [0.1, 0.15) is 31.8 Å². The van der Waals surface area contributed by atoms with Gasteiger partial charge in [-0.2, -0.15) is 0 Å². The number of nitrogens with one attached hydrogen (secondary N) is 1. The first-order valence-electron chi connectivity index (χ1n) is 11.9. The molecule has 0 atom stereocenters. The second kappa shape index (κ2) is 10.7. The molecular formula is C31H25ClN2O3. The summed E-state index contributed by atoms with van der Waals surface area (Å²) in [5.74, 6) is -0.615. The lowest BCUT2D eigenvalue weighted by atomic mass is 10.0. The summed E-state index contributed by atoms with van der Waals surface area (Å²) in [6, 6.07) is 31.2. The standard InChI is InChI=1S/C31H25ClN2O3/c1-37-31(36)25-13-7-21(8-14-25)19-33-30(35)28-18-27(32)17-26-15-16-34(29(26)28)20-22-9-11-24(12-10-22)23-5-3-2-4-6-23/h2-18H,19-20H2,1H3,(H,33,35). The van der Waals surface area contributed by atoms with Crippen LogP contribution in [0.4, 0.5) is 0 Å². The average Bonchev–Trinajstić information content (AvgIpc) is 3.34. The summed E-state index contributed by atoms with van der Waals surface area (Å²) >= 11 is 6.36. The van der Waals surface area contributed by atoms with E-state index in [2.05, 4.69) is 46.3 Å². The van der Waals surface area contributed by atoms with E-state index in [0.717, 1.165) is 27.6 Å². The van der Waals surface area contributed by atoms with Gasteiger partial charge in [-0.3, -0.25) is 4.79 Å². The van der Waals surface area contributed by atoms with Gasteiger partial charge in [0.2, 0.25) is 0 Å². The maximum absolute atomic E-state index is 13.3. The number of esters is 1. The molecule has 0 saturated heterocycles. The molecule has 4 aromatic carbocycles. The minimum atomic E-state index is -0.396. The van der Waals surface area contributed by atoms with Gasteiger partial charge in [-0.15, -0.1) is 0 Å². The molecule has 1 heterocycles. The number of ether oxygens (including phenoxy) is 1. The highest BCUT2D eigenvalue weighted by Crippen LogP contribution is 2.27. The van der Waals surface area contributed by atoms with Crippen molar-refractivity contribution in [2.24, 2.45) is 0 Å². The molecule has 1 aromatic heterocycles. The number of rotatable bonds is 7. The second-order valence-electron chi connectivity index (χ2n) is 8.77. The third-order valence-corrected chi connectivity index (χ3v) is 6.53. The number of aromatic nitrogens is 1. The highest BCUT2D eigenvalue weighted by atomic mass is 35.5. The van der Waals surface area contributed by atoms with Gasteiger partial charge in [0.1, 0.15) is 0 Å². The predicted molar refractivity (Wildman–Crippen MR) is 147 cm³/mol. The zero-order chi connectivity index (χ0) is 25.8. The number of amides is 1. The molecule has 1 amide bonds. The number of halogens is 1. The minimum absolute atomic E-state index is 0.219. The zero-order valence-electron chi connectivity index (χ0n) is 20.3. The SMILES string of the molecule is COC(=O)c1ccc(CNC(=O)c2cc(Cl)cc3ccn(Cc4ccc(-c5ccccc5)cc4)c23)cc1. The van der Waals surface area contributed by atoms with Crippen molar-refractivity contribution in [1.82, 2.24) is 9.88 Å². The number of carbonyl (C=O) groups excluding carboxylic acids is 2. The van der Waals surface area contributed by atoms with Crippen LogP contribution in [0.3, 0.4) is 0 Å². The van der Waals surface area contributed by atoms with Crippen LogP contribution < -0.4 is 5.32 Å². The summed E-state index contributed by atoms with van der Waals surface area (Å²) in [4.78, 5) is 24.9. The summed E-state index contributed by atoms with van der Waals surface area (Å²) < 4.78 is 6.81. The summed E-state index contributed by atoms with van der Waals surface area (Å²) in [5.41, 5.74) is 6.14. The molecular weight excluding hydrogens is 484 g/mol. The Hall–Kier alpha value is -4.35. The molecule has 5 rings (SSSR count). The summed E-state index contributed by atoms with van der Waals surface area (Å²) in [5, 5.41) is 4.39. The fourth-order valence-corrected chi connectivity index (χ4v) is 4.63. The number of fused-ring (bicyclic) bond motifs is 1. The normalized spacial score (nSPS) is 10.9. The molecule has 0 aliphatic heterocycles. The molecule has 0 radical (unpaired) electrons. The first-order valence-corrected chi connectivity index (χ1v) is 12.3. The molecule has 37 heavy (non-hydrogen) atoms. The van der Waals surface area contributed by atoms with Gasteiger partial charge in [-0.25, -0.2) is 4.79 Å². The molecule has 1 N–H and O–H groups in total. The maximum atomic E-state index is 13.3. The van der Waals surface area contributed by atoms with Gasteiger partial charge in [-0.05, 0) is 52.6 Å². The van der Waals surface area contributed by atoms with Crippen LogP contribution in [0.25, 0.3) is 22.0 Å². The van der Waals surface area contributed by atoms with E-state index in [9.17, 15) is 9.59 Å². The first kappa shape index (κ1) is 24.3. The van der Waals surface area contributed by atoms with Crippen molar-refractivity contribution in [3.05, 3.63) is 131 Å². The molecule has 6 heteroatoms. The van der Waals surface area contributed by atoms with Crippen LogP contribution in [-0.4, -0.2) is 23.6 Å². The van der Waals surface area contributed by atoms with Crippen molar-refractivity contribution in [2.45, 2.75) is 13.1 Å². The molecule has 0 fully saturated rings. The fourth-order valence-electron chi connectivity index (χ4n) is 4.40. The van der Waals surface area contributed by atoms with Gasteiger partial charge in [-0.1, -0.05) is 78.3 Å². The van der Waals surface area contributed by atoms with E-state index in [1.807, 2.05) is 36.5 Å². The number of methoxy groups -OCH3 is 1. The summed E-state index contributed by atoms with van der Waals surface area (Å²) in [6.07, 6.45) is 1.98. The Morgan fingerprint density at radius 1 is 0.838 bits per heavy atom. The van der Waals surface area contributed by atoms with Gasteiger partial charge in [0, 0.05) is 29.7 Å². The van der Waals surface area contributed by atoms with E-state index in [0.29, 0.717) is 29.2 Å². The molecule has 0 saturated carbocycles. The second-order valence-corrected chi connectivity index (χ2v) is 9.21. The van der Waals surface area contributed by atoms with E-state index in [4.69, 9.17) is 16.3 Å². The molecule has 0 aliphatic carbocycles. The number of hydrogen-bond acceptors (Lipinski definition) is 3. The average molecular weight is 509 g/mol. The maximum Gasteiger partial charge on any atom is 0.337 e. The number of nitrogens with zero attached hydrogens (tertiary/aromatic N) is 1. The quantitative estimate of drug-likeness (QED) is 0.248. The highest BCUT2D eigenvalue weighted by Gasteiger charge is 2.16. The Balaban J connectivity index is 1.36. The smallest absolute Gasteiger partial charge is 0.337 e. The van der Waals surface area contributed by atoms with Crippen molar-refractivity contribution in [3.63, 3.8) is 0 Å². The van der Waals surface area contributed by atoms with E-state index in [1.165, 1.54) is 12.7 Å². The van der Waals surface area contributed by atoms with Crippen LogP contribution in [-0.2, 0) is 17.8 Å². The zero-order valence-corrected chi connectivity index (χ0v) is 21.0. The van der Waals surface area contributed by atoms with Crippen LogP contribution in [0.15, 0.2) is 103 Å². The van der Waals surface area contributed by atoms with Gasteiger partial charge < -0.3 is 14.6 Å². The predicted octanol–water partition coefficient (Wildman–Crippen LogP) is 6.73. The molecule has 184 valence electrons. The Labute approximate surface area is 220 Å². The lowest BCUT2D eigenvalue weighted by Gasteiger charge is -2.12. The lowest BCUT2D eigenvalue weighted by molar-refractivity contribution is 0.0600. The Bertz CT molecular complexity index is 1560. The van der Waals surface area contributed by atoms with Crippen LogP contribution in [0.2, 0.25) is 5.02 Å². The monoisotopic (exact) mass is 508 g/mol. The highest BCUT2D eigenvalue weighted by molar-refractivity contribution is 6.32. The molecule has 0 spiro atoms. The van der Waals surface area contributed by atoms with E-state index < -0.39 is 5.97 Å². The first-order chi connectivity index (χ1) is 18.0. The summed E-state index contributed by atoms with van der Waals surface area (Å²) in [6.45, 7) is 0.936. The molecule has 5 nitrogen and oxygen atoms in total. The van der Waals surface area contributed by atoms with Crippen LogP contribution >= 0.6 is 11.6 Å². The molecule has 5 aromatic rings. The molecule has 0 unspecified atom stereocenters. The van der Waals surface area contributed by atoms with Gasteiger partial charge in [0.25, 0.3) is 5.91 Å². The Morgan fingerprint density at radius 3 is 2.22 bits per heavy atom. The summed E-state index contributed by atoms with van der Waals surface area (Å²) in [7, 11) is 1.35. The fraction of sp³-hybridized carbons (Fsp3) is 0.0968. The van der Waals surface area contributed by atoms with Crippen molar-refractivity contribution in [2.75, 3.05) is 7.11 Å². The van der Waals surface area contributed by atoms with Gasteiger partial charge in [0.05, 0.1) is 23.8 Å². The number of benzene rings is 4. The topological polar surface area (TPSA) is 60.3 Å².